The number of benzene rings is 1. The molecule has 1 unspecified atom stereocenters. The number of piperidine rings is 1. The Morgan fingerprint density at radius 3 is 2.31 bits per heavy atom. The van der Waals surface area contributed by atoms with Gasteiger partial charge in [0.15, 0.2) is 0 Å². The fraction of sp³-hybridized carbons (Fsp3) is 0.515. The van der Waals surface area contributed by atoms with E-state index < -0.39 is 5.41 Å². The van der Waals surface area contributed by atoms with E-state index in [1.165, 1.54) is 16.7 Å². The van der Waals surface area contributed by atoms with Gasteiger partial charge in [0.05, 0.1) is 11.1 Å². The second-order valence-electron chi connectivity index (χ2n) is 10.4. The van der Waals surface area contributed by atoms with E-state index >= 15 is 0 Å². The highest BCUT2D eigenvalue weighted by Gasteiger charge is 2.48. The maximum Gasteiger partial charge on any atom is 0.267 e. The number of amides is 2. The molecule has 1 fully saturated rings. The molecule has 1 aromatic carbocycles. The lowest BCUT2D eigenvalue weighted by molar-refractivity contribution is -0.125. The van der Waals surface area contributed by atoms with Gasteiger partial charge in [-0.15, -0.1) is 13.2 Å². The Morgan fingerprint density at radius 2 is 1.72 bits per heavy atom. The van der Waals surface area contributed by atoms with Crippen molar-refractivity contribution in [1.29, 1.82) is 0 Å². The van der Waals surface area contributed by atoms with Crippen molar-refractivity contribution in [3.63, 3.8) is 0 Å². The number of carbonyl (C=O) groups is 2. The molecule has 39 heavy (non-hydrogen) atoms. The fourth-order valence-electron chi connectivity index (χ4n) is 6.03. The van der Waals surface area contributed by atoms with Crippen molar-refractivity contribution in [2.45, 2.75) is 77.2 Å². The van der Waals surface area contributed by atoms with E-state index in [1.54, 1.807) is 26.2 Å². The van der Waals surface area contributed by atoms with Crippen LogP contribution in [0.3, 0.4) is 0 Å². The number of allylic oxidation sites excluding steroid dienone is 4. The molecule has 1 aliphatic carbocycles. The summed E-state index contributed by atoms with van der Waals surface area (Å²) in [5.41, 5.74) is 4.78. The van der Waals surface area contributed by atoms with E-state index in [0.717, 1.165) is 70.1 Å². The largest absolute Gasteiger partial charge is 0.384 e. The average Bonchev–Trinajstić information content (AvgIpc) is 3.18. The normalized spacial score (nSPS) is 19.5. The molecular formula is C33H50N4O2. The summed E-state index contributed by atoms with van der Waals surface area (Å²) in [5, 5.41) is 9.07. The fourth-order valence-corrected chi connectivity index (χ4v) is 6.03. The van der Waals surface area contributed by atoms with Crippen LogP contribution in [-0.2, 0) is 15.0 Å². The van der Waals surface area contributed by atoms with Crippen LogP contribution in [0.1, 0.15) is 76.8 Å². The van der Waals surface area contributed by atoms with Gasteiger partial charge in [0.2, 0.25) is 5.91 Å². The van der Waals surface area contributed by atoms with Gasteiger partial charge in [-0.1, -0.05) is 55.3 Å². The van der Waals surface area contributed by atoms with E-state index in [9.17, 15) is 9.59 Å². The van der Waals surface area contributed by atoms with Crippen molar-refractivity contribution in [1.82, 2.24) is 20.9 Å². The number of unbranched alkanes of at least 4 members (excludes halogenated alkanes) is 2. The lowest BCUT2D eigenvalue weighted by Gasteiger charge is -2.33. The van der Waals surface area contributed by atoms with Crippen molar-refractivity contribution in [3.8, 4) is 0 Å². The third-order valence-electron chi connectivity index (χ3n) is 7.97. The standard InChI is InChI=1S/C30H44N4O2.C3H6/c1-6-13-25-22(3)24-14-9-10-15-26(24)30(25,29(36)32-5)18-11-8-12-19-34-20-16-23(17-21-34)33-28(35)27(7-2)31-4;1-3-2/h6-7,9-10,14-15,23,31H,1,8,11-13,16-21H2,2-5H3,(H,32,36)(H,33,35);3H,1H2,2H3/b27-7-;. The summed E-state index contributed by atoms with van der Waals surface area (Å²) in [5.74, 6) is 0.0733. The zero-order valence-corrected chi connectivity index (χ0v) is 24.9. The molecule has 0 aromatic heterocycles. The van der Waals surface area contributed by atoms with Crippen LogP contribution in [0.4, 0.5) is 0 Å². The van der Waals surface area contributed by atoms with Gasteiger partial charge in [0.25, 0.3) is 5.91 Å². The molecule has 214 valence electrons. The summed E-state index contributed by atoms with van der Waals surface area (Å²) < 4.78 is 0. The Hall–Kier alpha value is -3.12. The molecule has 2 aliphatic rings. The van der Waals surface area contributed by atoms with Crippen LogP contribution >= 0.6 is 0 Å². The maximum atomic E-state index is 13.4. The van der Waals surface area contributed by atoms with E-state index in [1.807, 2.05) is 26.0 Å². The summed E-state index contributed by atoms with van der Waals surface area (Å²) in [6, 6.07) is 8.61. The number of carbonyl (C=O) groups excluding carboxylic acids is 2. The SMILES string of the molecule is C=CC.C=CCC1=C(C)c2ccccc2C1(CCCCCN1CCC(NC(=O)/C(=C/C)NC)CC1)C(=O)NC. The molecule has 6 nitrogen and oxygen atoms in total. The molecule has 1 saturated heterocycles. The molecule has 0 saturated carbocycles. The van der Waals surface area contributed by atoms with Crippen LogP contribution in [0, 0.1) is 0 Å². The van der Waals surface area contributed by atoms with Crippen LogP contribution in [0.2, 0.25) is 0 Å². The van der Waals surface area contributed by atoms with E-state index in [4.69, 9.17) is 0 Å². The predicted octanol–water partition coefficient (Wildman–Crippen LogP) is 5.49. The van der Waals surface area contributed by atoms with Crippen molar-refractivity contribution >= 4 is 17.4 Å². The Balaban J connectivity index is 0.00000170. The number of hydrogen-bond acceptors (Lipinski definition) is 4. The Kier molecular flexibility index (Phi) is 13.2. The zero-order valence-electron chi connectivity index (χ0n) is 24.9. The quantitative estimate of drug-likeness (QED) is 0.188. The molecular weight excluding hydrogens is 484 g/mol. The monoisotopic (exact) mass is 534 g/mol. The first-order valence-corrected chi connectivity index (χ1v) is 14.4. The maximum absolute atomic E-state index is 13.4. The smallest absolute Gasteiger partial charge is 0.267 e. The first-order chi connectivity index (χ1) is 18.8. The third kappa shape index (κ3) is 7.72. The summed E-state index contributed by atoms with van der Waals surface area (Å²) in [4.78, 5) is 28.2. The van der Waals surface area contributed by atoms with Crippen molar-refractivity contribution in [2.24, 2.45) is 0 Å². The van der Waals surface area contributed by atoms with Crippen LogP contribution in [0.25, 0.3) is 5.57 Å². The molecule has 1 atom stereocenters. The molecule has 0 bridgehead atoms. The number of nitrogens with zero attached hydrogens (tertiary/aromatic N) is 1. The Bertz CT molecular complexity index is 1050. The van der Waals surface area contributed by atoms with Crippen LogP contribution in [0.15, 0.2) is 66.9 Å². The lowest BCUT2D eigenvalue weighted by atomic mass is 9.71. The second-order valence-corrected chi connectivity index (χ2v) is 10.4. The zero-order chi connectivity index (χ0) is 28.8. The van der Waals surface area contributed by atoms with E-state index in [2.05, 4.69) is 59.1 Å². The van der Waals surface area contributed by atoms with Crippen molar-refractivity contribution in [3.05, 3.63) is 78.0 Å². The number of likely N-dealkylation sites (N-methyl/N-ethyl adjacent to an activating group) is 2. The second kappa shape index (κ2) is 16.1. The summed E-state index contributed by atoms with van der Waals surface area (Å²) in [6.45, 7) is 16.3. The molecule has 2 amide bonds. The van der Waals surface area contributed by atoms with Gasteiger partial charge in [-0.3, -0.25) is 9.59 Å². The number of fused-ring (bicyclic) bond motifs is 1. The summed E-state index contributed by atoms with van der Waals surface area (Å²) >= 11 is 0. The molecule has 0 spiro atoms. The highest BCUT2D eigenvalue weighted by Crippen LogP contribution is 2.50. The summed E-state index contributed by atoms with van der Waals surface area (Å²) in [7, 11) is 3.52. The Morgan fingerprint density at radius 1 is 1.05 bits per heavy atom. The van der Waals surface area contributed by atoms with Gasteiger partial charge in [0, 0.05) is 33.2 Å². The summed E-state index contributed by atoms with van der Waals surface area (Å²) in [6.07, 6.45) is 12.2. The molecule has 1 aromatic rings. The van der Waals surface area contributed by atoms with Crippen LogP contribution in [0.5, 0.6) is 0 Å². The third-order valence-corrected chi connectivity index (χ3v) is 7.97. The first-order valence-electron chi connectivity index (χ1n) is 14.4. The van der Waals surface area contributed by atoms with Crippen LogP contribution < -0.4 is 16.0 Å². The number of rotatable bonds is 12. The van der Waals surface area contributed by atoms with E-state index in [0.29, 0.717) is 5.70 Å². The minimum absolute atomic E-state index is 0.0166. The van der Waals surface area contributed by atoms with E-state index in [-0.39, 0.29) is 17.9 Å². The average molecular weight is 535 g/mol. The Labute approximate surface area is 236 Å². The molecule has 3 N–H and O–H groups in total. The first kappa shape index (κ1) is 32.1. The highest BCUT2D eigenvalue weighted by molar-refractivity contribution is 5.99. The molecule has 1 aliphatic heterocycles. The van der Waals surface area contributed by atoms with Gasteiger partial charge < -0.3 is 20.9 Å². The van der Waals surface area contributed by atoms with Gasteiger partial charge in [-0.2, -0.15) is 0 Å². The van der Waals surface area contributed by atoms with Crippen LogP contribution in [-0.4, -0.2) is 56.5 Å². The van der Waals surface area contributed by atoms with Crippen molar-refractivity contribution in [2.75, 3.05) is 33.7 Å². The molecule has 3 rings (SSSR count). The lowest BCUT2D eigenvalue weighted by Crippen LogP contribution is -2.46. The van der Waals surface area contributed by atoms with Gasteiger partial charge in [0.1, 0.15) is 0 Å². The number of likely N-dealkylation sites (tertiary alicyclic amines) is 1. The molecule has 1 heterocycles. The topological polar surface area (TPSA) is 73.5 Å². The van der Waals surface area contributed by atoms with Gasteiger partial charge in [-0.05, 0) is 81.7 Å². The highest BCUT2D eigenvalue weighted by atomic mass is 16.2. The van der Waals surface area contributed by atoms with Crippen molar-refractivity contribution < 1.29 is 9.59 Å². The molecule has 0 radical (unpaired) electrons. The minimum Gasteiger partial charge on any atom is -0.384 e. The van der Waals surface area contributed by atoms with Gasteiger partial charge >= 0.3 is 0 Å². The number of nitrogens with one attached hydrogen (secondary N) is 3. The molecule has 6 heteroatoms. The number of hydrogen-bond donors (Lipinski definition) is 3. The minimum atomic E-state index is -0.598. The van der Waals surface area contributed by atoms with Gasteiger partial charge in [-0.25, -0.2) is 0 Å². The predicted molar refractivity (Wildman–Crippen MR) is 164 cm³/mol.